The molecule has 8 heteroatoms. The quantitative estimate of drug-likeness (QED) is 0.593. The summed E-state index contributed by atoms with van der Waals surface area (Å²) in [6.45, 7) is 13.8. The van der Waals surface area contributed by atoms with Gasteiger partial charge in [0, 0.05) is 57.4 Å². The number of carbonyl (C=O) groups is 1. The molecular weight excluding hydrogens is 460 g/mol. The highest BCUT2D eigenvalue weighted by molar-refractivity contribution is 5.96. The average Bonchev–Trinajstić information content (AvgIpc) is 3.28. The molecule has 1 N–H and O–H groups in total. The number of piperazine rings is 1. The van der Waals surface area contributed by atoms with E-state index in [0.717, 1.165) is 43.9 Å². The molecule has 0 atom stereocenters. The lowest BCUT2D eigenvalue weighted by atomic mass is 9.98. The van der Waals surface area contributed by atoms with Crippen LogP contribution in [0, 0.1) is 6.92 Å². The lowest BCUT2D eigenvalue weighted by Crippen LogP contribution is -2.43. The van der Waals surface area contributed by atoms with Crippen LogP contribution in [0.25, 0.3) is 11.1 Å². The van der Waals surface area contributed by atoms with Crippen LogP contribution in [-0.2, 0) is 18.5 Å². The first-order chi connectivity index (χ1) is 16.3. The summed E-state index contributed by atoms with van der Waals surface area (Å²) >= 11 is 0. The average molecular weight is 495 g/mol. The van der Waals surface area contributed by atoms with E-state index in [1.54, 1.807) is 6.20 Å². The minimum Gasteiger partial charge on any atom is -0.367 e. The molecule has 7 nitrogen and oxygen atoms in total. The van der Waals surface area contributed by atoms with Crippen LogP contribution in [0.15, 0.2) is 42.9 Å². The maximum absolute atomic E-state index is 13.2. The fourth-order valence-corrected chi connectivity index (χ4v) is 5.07. The summed E-state index contributed by atoms with van der Waals surface area (Å²) in [6, 6.07) is 8.71. The SMILES string of the molecule is Cc1cc(-c2ccncc2N2CCNCC2)ccc1CN1CCc2c(cnn2C(C)(C)C)C1=O.Cl. The van der Waals surface area contributed by atoms with Crippen molar-refractivity contribution in [2.24, 2.45) is 0 Å². The van der Waals surface area contributed by atoms with Gasteiger partial charge in [0.05, 0.1) is 34.9 Å². The van der Waals surface area contributed by atoms with E-state index in [9.17, 15) is 4.79 Å². The summed E-state index contributed by atoms with van der Waals surface area (Å²) < 4.78 is 2.00. The standard InChI is InChI=1S/C27H34N6O.ClH/c1-19-15-20(22-7-9-29-17-25(22)31-13-10-28-11-14-31)5-6-21(19)18-32-12-8-24-23(26(32)34)16-30-33(24)27(2,3)4;/h5-7,9,15-17,28H,8,10-14,18H2,1-4H3;1H. The Morgan fingerprint density at radius 1 is 1.03 bits per heavy atom. The topological polar surface area (TPSA) is 66.3 Å². The van der Waals surface area contributed by atoms with Crippen molar-refractivity contribution in [3.05, 3.63) is 65.2 Å². The zero-order chi connectivity index (χ0) is 23.9. The Morgan fingerprint density at radius 2 is 1.80 bits per heavy atom. The molecule has 1 aromatic carbocycles. The van der Waals surface area contributed by atoms with Gasteiger partial charge in [0.1, 0.15) is 0 Å². The van der Waals surface area contributed by atoms with E-state index in [4.69, 9.17) is 0 Å². The van der Waals surface area contributed by atoms with E-state index in [1.165, 1.54) is 27.9 Å². The smallest absolute Gasteiger partial charge is 0.257 e. The molecule has 0 spiro atoms. The minimum atomic E-state index is -0.126. The number of hydrogen-bond donors (Lipinski definition) is 1. The lowest BCUT2D eigenvalue weighted by Gasteiger charge is -2.31. The van der Waals surface area contributed by atoms with Gasteiger partial charge in [-0.2, -0.15) is 5.10 Å². The highest BCUT2D eigenvalue weighted by atomic mass is 35.5. The molecule has 2 aliphatic heterocycles. The summed E-state index contributed by atoms with van der Waals surface area (Å²) in [5.74, 6) is 0.0790. The summed E-state index contributed by atoms with van der Waals surface area (Å²) in [4.78, 5) is 22.0. The van der Waals surface area contributed by atoms with Crippen molar-refractivity contribution in [2.75, 3.05) is 37.6 Å². The molecule has 0 saturated carbocycles. The number of fused-ring (bicyclic) bond motifs is 1. The number of nitrogens with one attached hydrogen (secondary N) is 1. The van der Waals surface area contributed by atoms with Crippen molar-refractivity contribution in [1.29, 1.82) is 0 Å². The van der Waals surface area contributed by atoms with Crippen molar-refractivity contribution in [3.8, 4) is 11.1 Å². The van der Waals surface area contributed by atoms with Gasteiger partial charge in [-0.25, -0.2) is 0 Å². The predicted molar refractivity (Wildman–Crippen MR) is 142 cm³/mol. The number of halogens is 1. The maximum atomic E-state index is 13.2. The van der Waals surface area contributed by atoms with E-state index >= 15 is 0 Å². The van der Waals surface area contributed by atoms with Crippen LogP contribution in [0.3, 0.4) is 0 Å². The van der Waals surface area contributed by atoms with Gasteiger partial charge in [0.15, 0.2) is 0 Å². The van der Waals surface area contributed by atoms with Crippen molar-refractivity contribution >= 4 is 24.0 Å². The van der Waals surface area contributed by atoms with E-state index in [2.05, 4.69) is 72.3 Å². The largest absolute Gasteiger partial charge is 0.367 e. The van der Waals surface area contributed by atoms with Crippen LogP contribution in [0.2, 0.25) is 0 Å². The number of aryl methyl sites for hydroxylation is 1. The van der Waals surface area contributed by atoms with Crippen molar-refractivity contribution in [1.82, 2.24) is 25.0 Å². The van der Waals surface area contributed by atoms with E-state index in [0.29, 0.717) is 13.1 Å². The molecule has 4 heterocycles. The first kappa shape index (κ1) is 25.2. The predicted octanol–water partition coefficient (Wildman–Crippen LogP) is 4.04. The lowest BCUT2D eigenvalue weighted by molar-refractivity contribution is 0.0723. The second-order valence-electron chi connectivity index (χ2n) is 10.3. The number of pyridine rings is 1. The Hall–Kier alpha value is -2.90. The van der Waals surface area contributed by atoms with Gasteiger partial charge in [0.2, 0.25) is 0 Å². The summed E-state index contributed by atoms with van der Waals surface area (Å²) in [6.07, 6.45) is 6.42. The van der Waals surface area contributed by atoms with Crippen LogP contribution in [0.5, 0.6) is 0 Å². The Bertz CT molecular complexity index is 1210. The summed E-state index contributed by atoms with van der Waals surface area (Å²) in [7, 11) is 0. The molecule has 1 amide bonds. The van der Waals surface area contributed by atoms with Crippen LogP contribution >= 0.6 is 12.4 Å². The third-order valence-corrected chi connectivity index (χ3v) is 6.91. The van der Waals surface area contributed by atoms with Crippen LogP contribution in [0.1, 0.15) is 48.0 Å². The highest BCUT2D eigenvalue weighted by Gasteiger charge is 2.31. The maximum Gasteiger partial charge on any atom is 0.257 e. The Kier molecular flexibility index (Phi) is 7.20. The third kappa shape index (κ3) is 4.93. The number of carbonyl (C=O) groups excluding carboxylic acids is 1. The van der Waals surface area contributed by atoms with Gasteiger partial charge in [-0.05, 0) is 50.5 Å². The number of benzene rings is 1. The van der Waals surface area contributed by atoms with Crippen molar-refractivity contribution < 1.29 is 4.79 Å². The van der Waals surface area contributed by atoms with Crippen LogP contribution in [-0.4, -0.2) is 58.3 Å². The molecule has 1 fully saturated rings. The number of amides is 1. The zero-order valence-corrected chi connectivity index (χ0v) is 21.9. The van der Waals surface area contributed by atoms with E-state index in [-0.39, 0.29) is 23.9 Å². The number of rotatable bonds is 4. The van der Waals surface area contributed by atoms with Gasteiger partial charge in [-0.1, -0.05) is 18.2 Å². The summed E-state index contributed by atoms with van der Waals surface area (Å²) in [5.41, 5.74) is 7.64. The zero-order valence-electron chi connectivity index (χ0n) is 21.0. The van der Waals surface area contributed by atoms with Crippen LogP contribution in [0.4, 0.5) is 5.69 Å². The molecule has 0 radical (unpaired) electrons. The number of aromatic nitrogens is 3. The van der Waals surface area contributed by atoms with Gasteiger partial charge in [-0.3, -0.25) is 14.5 Å². The molecule has 0 unspecified atom stereocenters. The molecular formula is C27H35ClN6O. The van der Waals surface area contributed by atoms with Gasteiger partial charge < -0.3 is 15.1 Å². The first-order valence-electron chi connectivity index (χ1n) is 12.2. The van der Waals surface area contributed by atoms with Gasteiger partial charge in [0.25, 0.3) is 5.91 Å². The second kappa shape index (κ2) is 9.99. The Balaban J connectivity index is 0.00000289. The fraction of sp³-hybridized carbons (Fsp3) is 0.444. The second-order valence-corrected chi connectivity index (χ2v) is 10.3. The number of nitrogens with zero attached hydrogens (tertiary/aromatic N) is 5. The van der Waals surface area contributed by atoms with Crippen molar-refractivity contribution in [2.45, 2.75) is 46.2 Å². The monoisotopic (exact) mass is 494 g/mol. The molecule has 5 rings (SSSR count). The number of hydrogen-bond acceptors (Lipinski definition) is 5. The molecule has 0 bridgehead atoms. The first-order valence-corrected chi connectivity index (χ1v) is 12.2. The van der Waals surface area contributed by atoms with E-state index in [1.807, 2.05) is 22.0 Å². The molecule has 1 saturated heterocycles. The highest BCUT2D eigenvalue weighted by Crippen LogP contribution is 2.32. The van der Waals surface area contributed by atoms with Crippen molar-refractivity contribution in [3.63, 3.8) is 0 Å². The van der Waals surface area contributed by atoms with Gasteiger partial charge >= 0.3 is 0 Å². The number of anilines is 1. The third-order valence-electron chi connectivity index (χ3n) is 6.91. The molecule has 2 aliphatic rings. The molecule has 186 valence electrons. The molecule has 0 aliphatic carbocycles. The molecule has 2 aromatic heterocycles. The Labute approximate surface area is 213 Å². The molecule has 3 aromatic rings. The minimum absolute atomic E-state index is 0. The Morgan fingerprint density at radius 3 is 2.51 bits per heavy atom. The fourth-order valence-electron chi connectivity index (χ4n) is 5.07. The molecule has 35 heavy (non-hydrogen) atoms. The van der Waals surface area contributed by atoms with E-state index < -0.39 is 0 Å². The van der Waals surface area contributed by atoms with Gasteiger partial charge in [-0.15, -0.1) is 12.4 Å². The summed E-state index contributed by atoms with van der Waals surface area (Å²) in [5, 5.41) is 7.94. The van der Waals surface area contributed by atoms with Crippen LogP contribution < -0.4 is 10.2 Å². The normalized spacial score (nSPS) is 16.2.